The molecule has 0 aliphatic heterocycles. The molecule has 0 radical (unpaired) electrons. The number of rotatable bonds is 1. The highest BCUT2D eigenvalue weighted by Crippen LogP contribution is 2.42. The van der Waals surface area contributed by atoms with E-state index in [4.69, 9.17) is 5.73 Å². The van der Waals surface area contributed by atoms with Crippen LogP contribution in [0.25, 0.3) is 0 Å². The van der Waals surface area contributed by atoms with Crippen molar-refractivity contribution in [1.82, 2.24) is 0 Å². The molecule has 0 aromatic heterocycles. The highest BCUT2D eigenvalue weighted by atomic mass is 35.5. The van der Waals surface area contributed by atoms with E-state index < -0.39 is 6.17 Å². The lowest BCUT2D eigenvalue weighted by Crippen LogP contribution is -2.03. The molecule has 0 bridgehead atoms. The first kappa shape index (κ1) is 10.5. The summed E-state index contributed by atoms with van der Waals surface area (Å²) in [5.74, 6) is -0.0504. The Balaban J connectivity index is 0.000000845. The second-order valence-corrected chi connectivity index (χ2v) is 3.46. The lowest BCUT2D eigenvalue weighted by molar-refractivity contribution is 0.459. The standard InChI is InChI=1S/C10H12FN.ClH/c1-6-2-4-7(5-3-6)8-9(11)10(8)12;/h2-5,8-10H,12H2,1H3;1H/t8?,9-,10+;/m0./s1. The van der Waals surface area contributed by atoms with Crippen molar-refractivity contribution in [2.45, 2.75) is 25.1 Å². The van der Waals surface area contributed by atoms with Crippen LogP contribution in [0.15, 0.2) is 24.3 Å². The van der Waals surface area contributed by atoms with Crippen molar-refractivity contribution in [3.05, 3.63) is 35.4 Å². The summed E-state index contributed by atoms with van der Waals surface area (Å²) in [7, 11) is 0. The highest BCUT2D eigenvalue weighted by Gasteiger charge is 2.49. The Bertz CT molecular complexity index is 277. The van der Waals surface area contributed by atoms with Gasteiger partial charge in [0.15, 0.2) is 0 Å². The largest absolute Gasteiger partial charge is 0.325 e. The number of nitrogens with two attached hydrogens (primary N) is 1. The van der Waals surface area contributed by atoms with Gasteiger partial charge in [-0.15, -0.1) is 12.4 Å². The minimum Gasteiger partial charge on any atom is -0.325 e. The minimum atomic E-state index is -0.826. The molecule has 1 nitrogen and oxygen atoms in total. The zero-order valence-electron chi connectivity index (χ0n) is 7.41. The van der Waals surface area contributed by atoms with Gasteiger partial charge >= 0.3 is 0 Å². The molecule has 3 atom stereocenters. The first-order valence-electron chi connectivity index (χ1n) is 4.16. The summed E-state index contributed by atoms with van der Waals surface area (Å²) >= 11 is 0. The molecular formula is C10H13ClFN. The fourth-order valence-electron chi connectivity index (χ4n) is 1.49. The van der Waals surface area contributed by atoms with Crippen LogP contribution in [0.1, 0.15) is 17.0 Å². The van der Waals surface area contributed by atoms with E-state index in [1.807, 2.05) is 31.2 Å². The molecular weight excluding hydrogens is 189 g/mol. The molecule has 1 unspecified atom stereocenters. The zero-order chi connectivity index (χ0) is 8.72. The number of hydrogen-bond acceptors (Lipinski definition) is 1. The maximum atomic E-state index is 12.8. The van der Waals surface area contributed by atoms with E-state index in [2.05, 4.69) is 0 Å². The molecule has 72 valence electrons. The summed E-state index contributed by atoms with van der Waals surface area (Å²) in [6, 6.07) is 7.63. The van der Waals surface area contributed by atoms with Crippen LogP contribution < -0.4 is 5.73 Å². The molecule has 2 rings (SSSR count). The fraction of sp³-hybridized carbons (Fsp3) is 0.400. The molecule has 13 heavy (non-hydrogen) atoms. The Morgan fingerprint density at radius 1 is 1.23 bits per heavy atom. The Hall–Kier alpha value is -0.600. The highest BCUT2D eigenvalue weighted by molar-refractivity contribution is 5.85. The molecule has 1 aromatic rings. The fourth-order valence-corrected chi connectivity index (χ4v) is 1.49. The van der Waals surface area contributed by atoms with Crippen molar-refractivity contribution in [2.24, 2.45) is 5.73 Å². The molecule has 2 N–H and O–H groups in total. The molecule has 0 spiro atoms. The van der Waals surface area contributed by atoms with Gasteiger partial charge in [-0.05, 0) is 12.5 Å². The second-order valence-electron chi connectivity index (χ2n) is 3.46. The first-order chi connectivity index (χ1) is 5.70. The third-order valence-electron chi connectivity index (χ3n) is 2.45. The molecule has 0 saturated heterocycles. The molecule has 1 aliphatic rings. The average Bonchev–Trinajstić information content (AvgIpc) is 2.63. The maximum absolute atomic E-state index is 12.8. The number of benzene rings is 1. The van der Waals surface area contributed by atoms with Crippen molar-refractivity contribution < 1.29 is 4.39 Å². The van der Waals surface area contributed by atoms with Crippen LogP contribution in [0.4, 0.5) is 4.39 Å². The maximum Gasteiger partial charge on any atom is 0.124 e. The normalized spacial score (nSPS) is 30.8. The summed E-state index contributed by atoms with van der Waals surface area (Å²) in [6.45, 7) is 2.02. The third kappa shape index (κ3) is 1.84. The molecule has 0 heterocycles. The van der Waals surface area contributed by atoms with Gasteiger partial charge in [0.05, 0.1) is 0 Å². The van der Waals surface area contributed by atoms with E-state index in [9.17, 15) is 4.39 Å². The van der Waals surface area contributed by atoms with Gasteiger partial charge in [-0.3, -0.25) is 0 Å². The van der Waals surface area contributed by atoms with Gasteiger partial charge in [-0.25, -0.2) is 4.39 Å². The molecule has 1 aromatic carbocycles. The van der Waals surface area contributed by atoms with E-state index in [0.717, 1.165) is 5.56 Å². The average molecular weight is 202 g/mol. The van der Waals surface area contributed by atoms with Gasteiger partial charge in [-0.2, -0.15) is 0 Å². The molecule has 1 fully saturated rings. The quantitative estimate of drug-likeness (QED) is 0.741. The minimum absolute atomic E-state index is 0. The van der Waals surface area contributed by atoms with Gasteiger partial charge in [0.1, 0.15) is 6.17 Å². The van der Waals surface area contributed by atoms with E-state index >= 15 is 0 Å². The zero-order valence-corrected chi connectivity index (χ0v) is 8.22. The number of alkyl halides is 1. The van der Waals surface area contributed by atoms with Crippen molar-refractivity contribution in [3.8, 4) is 0 Å². The van der Waals surface area contributed by atoms with Crippen molar-refractivity contribution >= 4 is 12.4 Å². The number of hydrogen-bond donors (Lipinski definition) is 1. The molecule has 0 amide bonds. The van der Waals surface area contributed by atoms with Gasteiger partial charge in [0.25, 0.3) is 0 Å². The van der Waals surface area contributed by atoms with E-state index in [0.29, 0.717) is 0 Å². The molecule has 3 heteroatoms. The Kier molecular flexibility index (Phi) is 2.94. The van der Waals surface area contributed by atoms with Crippen molar-refractivity contribution in [3.63, 3.8) is 0 Å². The van der Waals surface area contributed by atoms with Crippen LogP contribution in [0.3, 0.4) is 0 Å². The SMILES string of the molecule is Cc1ccc(C2[C@@H](N)[C@H]2F)cc1.Cl. The predicted octanol–water partition coefficient (Wildman–Crippen LogP) is 2.18. The van der Waals surface area contributed by atoms with Gasteiger partial charge in [0, 0.05) is 12.0 Å². The lowest BCUT2D eigenvalue weighted by atomic mass is 10.1. The van der Waals surface area contributed by atoms with Gasteiger partial charge in [-0.1, -0.05) is 29.8 Å². The first-order valence-corrected chi connectivity index (χ1v) is 4.16. The third-order valence-corrected chi connectivity index (χ3v) is 2.45. The summed E-state index contributed by atoms with van der Waals surface area (Å²) in [5, 5.41) is 0. The van der Waals surface area contributed by atoms with Crippen LogP contribution in [-0.2, 0) is 0 Å². The van der Waals surface area contributed by atoms with Gasteiger partial charge < -0.3 is 5.73 Å². The monoisotopic (exact) mass is 201 g/mol. The van der Waals surface area contributed by atoms with Crippen LogP contribution in [0, 0.1) is 6.92 Å². The van der Waals surface area contributed by atoms with Crippen molar-refractivity contribution in [1.29, 1.82) is 0 Å². The van der Waals surface area contributed by atoms with Crippen molar-refractivity contribution in [2.75, 3.05) is 0 Å². The van der Waals surface area contributed by atoms with Crippen LogP contribution in [-0.4, -0.2) is 12.2 Å². The van der Waals surface area contributed by atoms with E-state index in [-0.39, 0.29) is 24.4 Å². The summed E-state index contributed by atoms with van der Waals surface area (Å²) in [5.41, 5.74) is 7.73. The Labute approximate surface area is 83.5 Å². The smallest absolute Gasteiger partial charge is 0.124 e. The summed E-state index contributed by atoms with van der Waals surface area (Å²) in [6.07, 6.45) is -0.826. The van der Waals surface area contributed by atoms with Crippen LogP contribution in [0.5, 0.6) is 0 Å². The second kappa shape index (κ2) is 3.64. The molecule has 1 aliphatic carbocycles. The Morgan fingerprint density at radius 3 is 2.08 bits per heavy atom. The van der Waals surface area contributed by atoms with Crippen LogP contribution in [0.2, 0.25) is 0 Å². The number of halogens is 2. The summed E-state index contributed by atoms with van der Waals surface area (Å²) in [4.78, 5) is 0. The lowest BCUT2D eigenvalue weighted by Gasteiger charge is -1.97. The van der Waals surface area contributed by atoms with E-state index in [1.165, 1.54) is 5.56 Å². The molecule has 1 saturated carbocycles. The van der Waals surface area contributed by atoms with Gasteiger partial charge in [0.2, 0.25) is 0 Å². The Morgan fingerprint density at radius 2 is 1.69 bits per heavy atom. The predicted molar refractivity (Wildman–Crippen MR) is 54.0 cm³/mol. The van der Waals surface area contributed by atoms with E-state index in [1.54, 1.807) is 0 Å². The number of aryl methyl sites for hydroxylation is 1. The summed E-state index contributed by atoms with van der Waals surface area (Å²) < 4.78 is 12.8. The topological polar surface area (TPSA) is 26.0 Å². The van der Waals surface area contributed by atoms with Crippen LogP contribution >= 0.6 is 12.4 Å².